The predicted molar refractivity (Wildman–Crippen MR) is 131 cm³/mol. The summed E-state index contributed by atoms with van der Waals surface area (Å²) in [4.78, 5) is 0. The summed E-state index contributed by atoms with van der Waals surface area (Å²) in [6.07, 6.45) is 16.8. The molecule has 4 unspecified atom stereocenters. The van der Waals surface area contributed by atoms with E-state index in [1.807, 2.05) is 0 Å². The van der Waals surface area contributed by atoms with Crippen molar-refractivity contribution in [2.24, 2.45) is 11.8 Å². The molecule has 0 N–H and O–H groups in total. The summed E-state index contributed by atoms with van der Waals surface area (Å²) >= 11 is -0.346. The van der Waals surface area contributed by atoms with Crippen molar-refractivity contribution >= 4 is 42.9 Å². The molecule has 1 aliphatic carbocycles. The zero-order valence-corrected chi connectivity index (χ0v) is 21.0. The average Bonchev–Trinajstić information content (AvgIpc) is 2.85. The van der Waals surface area contributed by atoms with Gasteiger partial charge in [-0.2, -0.15) is 0 Å². The number of rotatable bonds is 0. The first-order valence-corrected chi connectivity index (χ1v) is 15.8. The molecule has 4 atom stereocenters. The van der Waals surface area contributed by atoms with E-state index in [-0.39, 0.29) is 15.1 Å². The van der Waals surface area contributed by atoms with Gasteiger partial charge in [-0.3, -0.25) is 0 Å². The third-order valence-corrected chi connectivity index (χ3v) is 6.89. The Morgan fingerprint density at radius 3 is 1.61 bits per heavy atom. The van der Waals surface area contributed by atoms with Gasteiger partial charge in [0, 0.05) is 0 Å². The summed E-state index contributed by atoms with van der Waals surface area (Å²) in [5.41, 5.74) is 4.51. The van der Waals surface area contributed by atoms with E-state index in [1.54, 1.807) is 0 Å². The zero-order chi connectivity index (χ0) is 21.5. The van der Waals surface area contributed by atoms with Crippen molar-refractivity contribution in [1.82, 2.24) is 0 Å². The maximum absolute atomic E-state index is 4.85. The van der Waals surface area contributed by atoms with Crippen LogP contribution in [0.5, 0.6) is 0 Å². The van der Waals surface area contributed by atoms with E-state index in [4.69, 9.17) is 30.0 Å². The van der Waals surface area contributed by atoms with Crippen LogP contribution >= 0.6 is 19.4 Å². The van der Waals surface area contributed by atoms with Gasteiger partial charge in [0.15, 0.2) is 0 Å². The Morgan fingerprint density at radius 1 is 0.710 bits per heavy atom. The van der Waals surface area contributed by atoms with Crippen LogP contribution in [0.25, 0.3) is 33.4 Å². The van der Waals surface area contributed by atoms with Gasteiger partial charge in [-0.1, -0.05) is 74.6 Å². The third kappa shape index (κ3) is 5.86. The molecule has 31 heavy (non-hydrogen) atoms. The molecule has 0 bridgehead atoms. The summed E-state index contributed by atoms with van der Waals surface area (Å²) in [5, 5.41) is 18.7. The van der Waals surface area contributed by atoms with Gasteiger partial charge in [0.25, 0.3) is 0 Å². The summed E-state index contributed by atoms with van der Waals surface area (Å²) in [5.74, 6) is 1.79. The van der Waals surface area contributed by atoms with E-state index in [2.05, 4.69) is 47.1 Å². The average molecular weight is 547 g/mol. The molecule has 3 fully saturated rings. The number of hydrogen-bond acceptors (Lipinski definition) is 0. The molecule has 2 saturated heterocycles. The fourth-order valence-electron chi connectivity index (χ4n) is 5.52. The van der Waals surface area contributed by atoms with Crippen LogP contribution in [0, 0.1) is 11.8 Å². The number of benzene rings is 1. The number of fused-ring (bicyclic) bond motifs is 6. The van der Waals surface area contributed by atoms with Crippen LogP contribution in [0.4, 0.5) is 11.4 Å². The van der Waals surface area contributed by atoms with Gasteiger partial charge in [0.2, 0.25) is 0 Å². The fraction of sp³-hybridized carbons (Fsp3) is 0.583. The Morgan fingerprint density at radius 2 is 1.16 bits per heavy atom. The van der Waals surface area contributed by atoms with Gasteiger partial charge < -0.3 is 21.3 Å². The summed E-state index contributed by atoms with van der Waals surface area (Å²) in [6, 6.07) is 5.47. The van der Waals surface area contributed by atoms with Crippen LogP contribution in [0.2, 0.25) is 0 Å². The van der Waals surface area contributed by atoms with Gasteiger partial charge in [0.1, 0.15) is 0 Å². The van der Waals surface area contributed by atoms with E-state index in [0.717, 1.165) is 49.4 Å². The minimum absolute atomic E-state index is 0.346. The molecule has 6 rings (SSSR count). The molecule has 4 heterocycles. The second kappa shape index (κ2) is 12.0. The molecule has 0 amide bonds. The standard InChI is InChI=1S/C12H20N2.C12H10N2.2ClH.Ru/c2*1-3-9-5-6-10-4-2-8-14-12(10)11(9)13-7-1;;;/h9-12H,1-8H2;1-6H,7-8H2;2*1H;/q2*-2;;;+2/p-2. The SMILES string of the molecule is C1=Cc2ccc3c(c2[N-]C1)[N-]CC=C3.C1C[N-]C2C(C1)CCC1CCC[N-]C12.[Cl][Ru][Cl]. The van der Waals surface area contributed by atoms with Crippen molar-refractivity contribution in [3.63, 3.8) is 0 Å². The predicted octanol–water partition coefficient (Wildman–Crippen LogP) is 8.21. The molecule has 1 aromatic carbocycles. The van der Waals surface area contributed by atoms with Gasteiger partial charge in [-0.25, -0.2) is 0 Å². The Hall–Kier alpha value is -0.577. The molecule has 0 spiro atoms. The van der Waals surface area contributed by atoms with Crippen LogP contribution < -0.4 is 0 Å². The van der Waals surface area contributed by atoms with Crippen LogP contribution in [0.1, 0.15) is 49.7 Å². The molecule has 1 saturated carbocycles. The first-order chi connectivity index (χ1) is 15.3. The molecule has 4 nitrogen and oxygen atoms in total. The Labute approximate surface area is 202 Å². The zero-order valence-electron chi connectivity index (χ0n) is 17.7. The topological polar surface area (TPSA) is 56.4 Å². The number of hydrogen-bond donors (Lipinski definition) is 0. The summed E-state index contributed by atoms with van der Waals surface area (Å²) < 4.78 is 0. The Bertz CT molecular complexity index is 722. The third-order valence-electron chi connectivity index (χ3n) is 6.89. The molecule has 4 aliphatic heterocycles. The van der Waals surface area contributed by atoms with E-state index in [9.17, 15) is 0 Å². The first-order valence-electron chi connectivity index (χ1n) is 11.3. The van der Waals surface area contributed by atoms with Crippen molar-refractivity contribution in [2.75, 3.05) is 26.2 Å². The van der Waals surface area contributed by atoms with Crippen molar-refractivity contribution < 1.29 is 15.1 Å². The van der Waals surface area contributed by atoms with Crippen LogP contribution in [0.15, 0.2) is 24.3 Å². The van der Waals surface area contributed by atoms with E-state index < -0.39 is 0 Å². The quantitative estimate of drug-likeness (QED) is 0.295. The Kier molecular flexibility index (Phi) is 9.16. The summed E-state index contributed by atoms with van der Waals surface area (Å²) in [7, 11) is 9.71. The molecule has 0 radical (unpaired) electrons. The monoisotopic (exact) mass is 546 g/mol. The van der Waals surface area contributed by atoms with Crippen molar-refractivity contribution in [3.8, 4) is 0 Å². The molecular formula is C24H30Cl2N4Ru-4. The number of piperidine rings is 2. The van der Waals surface area contributed by atoms with E-state index in [0.29, 0.717) is 12.1 Å². The van der Waals surface area contributed by atoms with Crippen LogP contribution in [0.3, 0.4) is 0 Å². The normalized spacial score (nSPS) is 29.9. The Balaban J connectivity index is 0.000000133. The number of halogens is 2. The van der Waals surface area contributed by atoms with Crippen LogP contribution in [-0.4, -0.2) is 38.3 Å². The van der Waals surface area contributed by atoms with E-state index >= 15 is 0 Å². The van der Waals surface area contributed by atoms with Gasteiger partial charge in [0.05, 0.1) is 0 Å². The van der Waals surface area contributed by atoms with Gasteiger partial charge in [-0.15, -0.1) is 61.8 Å². The molecular weight excluding hydrogens is 516 g/mol. The van der Waals surface area contributed by atoms with Gasteiger partial charge in [-0.05, 0) is 11.1 Å². The minimum atomic E-state index is -0.346. The molecule has 7 heteroatoms. The molecule has 5 aliphatic rings. The maximum atomic E-state index is 4.85. The second-order valence-corrected chi connectivity index (χ2v) is 11.3. The first kappa shape index (κ1) is 23.6. The van der Waals surface area contributed by atoms with Gasteiger partial charge >= 0.3 is 34.5 Å². The van der Waals surface area contributed by atoms with Crippen molar-refractivity contribution in [2.45, 2.75) is 50.6 Å². The van der Waals surface area contributed by atoms with Crippen LogP contribution in [-0.2, 0) is 15.1 Å². The molecule has 1 aromatic rings. The van der Waals surface area contributed by atoms with E-state index in [1.165, 1.54) is 49.7 Å². The second-order valence-electron chi connectivity index (χ2n) is 8.65. The summed E-state index contributed by atoms with van der Waals surface area (Å²) in [6.45, 7) is 3.78. The van der Waals surface area contributed by atoms with Crippen molar-refractivity contribution in [3.05, 3.63) is 56.7 Å². The molecule has 172 valence electrons. The van der Waals surface area contributed by atoms with Crippen molar-refractivity contribution in [1.29, 1.82) is 0 Å². The fourth-order valence-corrected chi connectivity index (χ4v) is 5.52. The number of nitrogens with zero attached hydrogens (tertiary/aromatic N) is 4. The molecule has 0 aromatic heterocycles.